The van der Waals surface area contributed by atoms with Crippen molar-refractivity contribution in [3.05, 3.63) is 46.7 Å². The minimum absolute atomic E-state index is 0.0799. The molecule has 1 aromatic carbocycles. The van der Waals surface area contributed by atoms with Crippen LogP contribution in [-0.2, 0) is 0 Å². The molecule has 0 bridgehead atoms. The predicted octanol–water partition coefficient (Wildman–Crippen LogP) is 3.28. The fourth-order valence-corrected chi connectivity index (χ4v) is 3.26. The number of carbonyl (C=O) groups excluding carboxylic acids is 1. The SMILES string of the molecule is CCNC(=O)c1cc2c(C)nn(-c3ccc(F)cc3)c2s1. The van der Waals surface area contributed by atoms with Crippen molar-refractivity contribution in [1.29, 1.82) is 0 Å². The van der Waals surface area contributed by atoms with Gasteiger partial charge in [0.05, 0.1) is 16.3 Å². The van der Waals surface area contributed by atoms with Crippen LogP contribution in [0.4, 0.5) is 4.39 Å². The number of amides is 1. The van der Waals surface area contributed by atoms with Gasteiger partial charge in [-0.3, -0.25) is 4.79 Å². The van der Waals surface area contributed by atoms with Gasteiger partial charge in [0.25, 0.3) is 5.91 Å². The maximum absolute atomic E-state index is 13.0. The van der Waals surface area contributed by atoms with E-state index in [0.29, 0.717) is 11.4 Å². The molecule has 0 unspecified atom stereocenters. The Balaban J connectivity index is 2.11. The van der Waals surface area contributed by atoms with Gasteiger partial charge in [0, 0.05) is 11.9 Å². The number of hydrogen-bond donors (Lipinski definition) is 1. The summed E-state index contributed by atoms with van der Waals surface area (Å²) >= 11 is 1.39. The maximum atomic E-state index is 13.0. The molecule has 0 aliphatic rings. The Morgan fingerprint density at radius 3 is 2.76 bits per heavy atom. The highest BCUT2D eigenvalue weighted by molar-refractivity contribution is 7.20. The summed E-state index contributed by atoms with van der Waals surface area (Å²) in [5.74, 6) is -0.364. The average molecular weight is 303 g/mol. The molecule has 6 heteroatoms. The first kappa shape index (κ1) is 13.8. The van der Waals surface area contributed by atoms with Gasteiger partial charge in [-0.1, -0.05) is 0 Å². The zero-order valence-corrected chi connectivity index (χ0v) is 12.5. The van der Waals surface area contributed by atoms with E-state index in [9.17, 15) is 9.18 Å². The number of nitrogens with zero attached hydrogens (tertiary/aromatic N) is 2. The normalized spacial score (nSPS) is 11.0. The van der Waals surface area contributed by atoms with E-state index in [4.69, 9.17) is 0 Å². The van der Waals surface area contributed by atoms with Gasteiger partial charge in [0.2, 0.25) is 0 Å². The fourth-order valence-electron chi connectivity index (χ4n) is 2.16. The van der Waals surface area contributed by atoms with E-state index >= 15 is 0 Å². The predicted molar refractivity (Wildman–Crippen MR) is 81.6 cm³/mol. The molecule has 0 saturated heterocycles. The molecule has 1 amide bonds. The summed E-state index contributed by atoms with van der Waals surface area (Å²) < 4.78 is 14.8. The summed E-state index contributed by atoms with van der Waals surface area (Å²) in [7, 11) is 0. The highest BCUT2D eigenvalue weighted by Crippen LogP contribution is 2.30. The second-order valence-electron chi connectivity index (χ2n) is 4.66. The number of thiophene rings is 1. The molecule has 0 aliphatic carbocycles. The molecule has 21 heavy (non-hydrogen) atoms. The number of benzene rings is 1. The largest absolute Gasteiger partial charge is 0.352 e. The third kappa shape index (κ3) is 2.42. The summed E-state index contributed by atoms with van der Waals surface area (Å²) in [6.45, 7) is 4.38. The van der Waals surface area contributed by atoms with Crippen molar-refractivity contribution in [2.24, 2.45) is 0 Å². The van der Waals surface area contributed by atoms with Crippen molar-refractivity contribution < 1.29 is 9.18 Å². The van der Waals surface area contributed by atoms with E-state index in [1.165, 1.54) is 23.5 Å². The van der Waals surface area contributed by atoms with Crippen LogP contribution in [0.15, 0.2) is 30.3 Å². The van der Waals surface area contributed by atoms with Crippen molar-refractivity contribution in [2.75, 3.05) is 6.54 Å². The van der Waals surface area contributed by atoms with Crippen molar-refractivity contribution >= 4 is 27.5 Å². The Hall–Kier alpha value is -2.21. The van der Waals surface area contributed by atoms with Crippen LogP contribution in [0.1, 0.15) is 22.3 Å². The molecule has 0 saturated carbocycles. The quantitative estimate of drug-likeness (QED) is 0.807. The van der Waals surface area contributed by atoms with Gasteiger partial charge in [-0.25, -0.2) is 9.07 Å². The van der Waals surface area contributed by atoms with E-state index < -0.39 is 0 Å². The number of rotatable bonds is 3. The molecule has 4 nitrogen and oxygen atoms in total. The number of hydrogen-bond acceptors (Lipinski definition) is 3. The first-order valence-electron chi connectivity index (χ1n) is 6.63. The number of aryl methyl sites for hydroxylation is 1. The third-order valence-corrected chi connectivity index (χ3v) is 4.29. The molecule has 0 atom stereocenters. The van der Waals surface area contributed by atoms with Crippen molar-refractivity contribution in [1.82, 2.24) is 15.1 Å². The van der Waals surface area contributed by atoms with Crippen LogP contribution in [0.3, 0.4) is 0 Å². The number of nitrogens with one attached hydrogen (secondary N) is 1. The van der Waals surface area contributed by atoms with Crippen molar-refractivity contribution in [3.63, 3.8) is 0 Å². The summed E-state index contributed by atoms with van der Waals surface area (Å²) in [6.07, 6.45) is 0. The molecule has 2 aromatic heterocycles. The van der Waals surface area contributed by atoms with Gasteiger partial charge >= 0.3 is 0 Å². The third-order valence-electron chi connectivity index (χ3n) is 3.18. The van der Waals surface area contributed by atoms with Crippen LogP contribution in [-0.4, -0.2) is 22.2 Å². The lowest BCUT2D eigenvalue weighted by atomic mass is 10.3. The van der Waals surface area contributed by atoms with Crippen molar-refractivity contribution in [2.45, 2.75) is 13.8 Å². The summed E-state index contributed by atoms with van der Waals surface area (Å²) in [5, 5.41) is 8.21. The first-order valence-corrected chi connectivity index (χ1v) is 7.45. The Labute approximate surface area is 125 Å². The topological polar surface area (TPSA) is 46.9 Å². The molecule has 0 aliphatic heterocycles. The van der Waals surface area contributed by atoms with Crippen LogP contribution in [0.25, 0.3) is 15.9 Å². The lowest BCUT2D eigenvalue weighted by Gasteiger charge is -2.02. The molecule has 3 aromatic rings. The van der Waals surface area contributed by atoms with E-state index in [0.717, 1.165) is 21.6 Å². The molecular weight excluding hydrogens is 289 g/mol. The minimum Gasteiger partial charge on any atom is -0.352 e. The highest BCUT2D eigenvalue weighted by atomic mass is 32.1. The van der Waals surface area contributed by atoms with Crippen LogP contribution in [0.5, 0.6) is 0 Å². The Morgan fingerprint density at radius 1 is 1.38 bits per heavy atom. The molecular formula is C15H14FN3OS. The minimum atomic E-state index is -0.284. The van der Waals surface area contributed by atoms with E-state index in [1.807, 2.05) is 19.9 Å². The Bertz CT molecular complexity index is 804. The van der Waals surface area contributed by atoms with Crippen LogP contribution in [0.2, 0.25) is 0 Å². The molecule has 0 radical (unpaired) electrons. The maximum Gasteiger partial charge on any atom is 0.261 e. The van der Waals surface area contributed by atoms with Gasteiger partial charge in [-0.2, -0.15) is 5.10 Å². The molecule has 0 spiro atoms. The van der Waals surface area contributed by atoms with Gasteiger partial charge in [-0.15, -0.1) is 11.3 Å². The molecule has 108 valence electrons. The van der Waals surface area contributed by atoms with Gasteiger partial charge in [0.1, 0.15) is 10.6 Å². The number of fused-ring (bicyclic) bond motifs is 1. The first-order chi connectivity index (χ1) is 10.1. The lowest BCUT2D eigenvalue weighted by molar-refractivity contribution is 0.0960. The van der Waals surface area contributed by atoms with Crippen LogP contribution >= 0.6 is 11.3 Å². The second kappa shape index (κ2) is 5.29. The van der Waals surface area contributed by atoms with Gasteiger partial charge in [-0.05, 0) is 44.2 Å². The Kier molecular flexibility index (Phi) is 3.47. The smallest absolute Gasteiger partial charge is 0.261 e. The average Bonchev–Trinajstić information content (AvgIpc) is 3.01. The number of carbonyl (C=O) groups is 1. The van der Waals surface area contributed by atoms with E-state index in [-0.39, 0.29) is 11.7 Å². The number of halogens is 1. The zero-order valence-electron chi connectivity index (χ0n) is 11.7. The molecule has 0 fully saturated rings. The highest BCUT2D eigenvalue weighted by Gasteiger charge is 2.16. The summed E-state index contributed by atoms with van der Waals surface area (Å²) in [6, 6.07) is 8.00. The summed E-state index contributed by atoms with van der Waals surface area (Å²) in [4.78, 5) is 13.5. The fraction of sp³-hybridized carbons (Fsp3) is 0.200. The van der Waals surface area contributed by atoms with Crippen LogP contribution < -0.4 is 5.32 Å². The van der Waals surface area contributed by atoms with E-state index in [2.05, 4.69) is 10.4 Å². The van der Waals surface area contributed by atoms with Crippen molar-refractivity contribution in [3.8, 4) is 5.69 Å². The summed E-state index contributed by atoms with van der Waals surface area (Å²) in [5.41, 5.74) is 1.62. The second-order valence-corrected chi connectivity index (χ2v) is 5.69. The molecule has 1 N–H and O–H groups in total. The lowest BCUT2D eigenvalue weighted by Crippen LogP contribution is -2.21. The van der Waals surface area contributed by atoms with Gasteiger partial charge in [0.15, 0.2) is 0 Å². The monoisotopic (exact) mass is 303 g/mol. The Morgan fingerprint density at radius 2 is 2.10 bits per heavy atom. The molecule has 3 rings (SSSR count). The van der Waals surface area contributed by atoms with Gasteiger partial charge < -0.3 is 5.32 Å². The number of aromatic nitrogens is 2. The standard InChI is InChI=1S/C15H14FN3OS/c1-3-17-14(20)13-8-12-9(2)18-19(15(12)21-13)11-6-4-10(16)5-7-11/h4-8H,3H2,1-2H3,(H,17,20). The van der Waals surface area contributed by atoms with Crippen LogP contribution in [0, 0.1) is 12.7 Å². The molecule has 2 heterocycles. The van der Waals surface area contributed by atoms with E-state index in [1.54, 1.807) is 16.8 Å². The zero-order chi connectivity index (χ0) is 15.0.